The topological polar surface area (TPSA) is 59.3 Å². The average Bonchev–Trinajstić information content (AvgIpc) is 2.89. The molecule has 2 aromatic rings. The summed E-state index contributed by atoms with van der Waals surface area (Å²) in [5.74, 6) is 2.67. The highest BCUT2D eigenvalue weighted by atomic mass is 16.5. The van der Waals surface area contributed by atoms with Crippen LogP contribution in [0.3, 0.4) is 0 Å². The van der Waals surface area contributed by atoms with Crippen LogP contribution in [-0.4, -0.2) is 62.8 Å². The molecule has 0 saturated carbocycles. The van der Waals surface area contributed by atoms with Crippen LogP contribution in [0.2, 0.25) is 0 Å². The van der Waals surface area contributed by atoms with Crippen molar-refractivity contribution < 1.29 is 4.74 Å². The van der Waals surface area contributed by atoms with Gasteiger partial charge < -0.3 is 9.30 Å². The highest BCUT2D eigenvalue weighted by molar-refractivity contribution is 5.17. The minimum absolute atomic E-state index is 0.664. The highest BCUT2D eigenvalue weighted by Crippen LogP contribution is 2.12. The number of hydrogen-bond donors (Lipinski definition) is 0. The standard InChI is InChI=1S/C16H24N6O/c1-13-18-19-15(20(13)2)12-22-8-6-21(7-9-22)11-14-4-5-16(23-3)17-10-14/h4-5,10H,6-9,11-12H2,1-3H3. The fourth-order valence-electron chi connectivity index (χ4n) is 2.78. The molecule has 1 saturated heterocycles. The van der Waals surface area contributed by atoms with E-state index in [0.717, 1.165) is 50.9 Å². The molecule has 23 heavy (non-hydrogen) atoms. The van der Waals surface area contributed by atoms with Crippen LogP contribution in [0.4, 0.5) is 0 Å². The van der Waals surface area contributed by atoms with Gasteiger partial charge in [-0.3, -0.25) is 9.80 Å². The van der Waals surface area contributed by atoms with Crippen molar-refractivity contribution >= 4 is 0 Å². The van der Waals surface area contributed by atoms with Crippen LogP contribution in [0.5, 0.6) is 5.88 Å². The van der Waals surface area contributed by atoms with Crippen molar-refractivity contribution in [1.29, 1.82) is 0 Å². The fourth-order valence-corrected chi connectivity index (χ4v) is 2.78. The molecule has 3 heterocycles. The first-order chi connectivity index (χ1) is 11.2. The van der Waals surface area contributed by atoms with E-state index in [1.54, 1.807) is 7.11 Å². The molecular formula is C16H24N6O. The van der Waals surface area contributed by atoms with Crippen molar-refractivity contribution in [3.05, 3.63) is 35.5 Å². The Morgan fingerprint density at radius 1 is 1.04 bits per heavy atom. The number of hydrogen-bond acceptors (Lipinski definition) is 6. The van der Waals surface area contributed by atoms with Crippen molar-refractivity contribution in [2.75, 3.05) is 33.3 Å². The summed E-state index contributed by atoms with van der Waals surface area (Å²) in [5, 5.41) is 8.38. The average molecular weight is 316 g/mol. The van der Waals surface area contributed by atoms with Crippen molar-refractivity contribution in [1.82, 2.24) is 29.5 Å². The molecule has 0 N–H and O–H groups in total. The van der Waals surface area contributed by atoms with Gasteiger partial charge in [0, 0.05) is 52.0 Å². The van der Waals surface area contributed by atoms with E-state index in [0.29, 0.717) is 5.88 Å². The summed E-state index contributed by atoms with van der Waals surface area (Å²) in [6, 6.07) is 4.00. The van der Waals surface area contributed by atoms with E-state index >= 15 is 0 Å². The Morgan fingerprint density at radius 3 is 2.26 bits per heavy atom. The van der Waals surface area contributed by atoms with Crippen LogP contribution < -0.4 is 4.74 Å². The number of pyridine rings is 1. The lowest BCUT2D eigenvalue weighted by Crippen LogP contribution is -2.45. The zero-order valence-corrected chi connectivity index (χ0v) is 14.1. The lowest BCUT2D eigenvalue weighted by molar-refractivity contribution is 0.119. The van der Waals surface area contributed by atoms with Gasteiger partial charge in [0.05, 0.1) is 13.7 Å². The molecule has 7 heteroatoms. The summed E-state index contributed by atoms with van der Waals surface area (Å²) in [4.78, 5) is 9.17. The zero-order chi connectivity index (χ0) is 16.2. The lowest BCUT2D eigenvalue weighted by Gasteiger charge is -2.34. The molecule has 0 radical (unpaired) electrons. The molecule has 1 aliphatic rings. The molecule has 0 aliphatic carbocycles. The first kappa shape index (κ1) is 15.9. The number of nitrogens with zero attached hydrogens (tertiary/aromatic N) is 6. The van der Waals surface area contributed by atoms with E-state index < -0.39 is 0 Å². The summed E-state index contributed by atoms with van der Waals surface area (Å²) < 4.78 is 7.16. The Morgan fingerprint density at radius 2 is 1.74 bits per heavy atom. The second kappa shape index (κ2) is 7.06. The predicted octanol–water partition coefficient (Wildman–Crippen LogP) is 0.845. The summed E-state index contributed by atoms with van der Waals surface area (Å²) in [5.41, 5.74) is 1.23. The van der Waals surface area contributed by atoms with Crippen molar-refractivity contribution in [2.45, 2.75) is 20.0 Å². The van der Waals surface area contributed by atoms with Gasteiger partial charge in [-0.2, -0.15) is 0 Å². The number of aryl methyl sites for hydroxylation is 1. The molecule has 0 unspecified atom stereocenters. The number of aromatic nitrogens is 4. The first-order valence-electron chi connectivity index (χ1n) is 7.94. The van der Waals surface area contributed by atoms with Gasteiger partial charge in [-0.1, -0.05) is 6.07 Å². The normalized spacial score (nSPS) is 16.7. The number of methoxy groups -OCH3 is 1. The molecule has 1 fully saturated rings. The molecule has 0 spiro atoms. The van der Waals surface area contributed by atoms with Crippen LogP contribution in [0.1, 0.15) is 17.2 Å². The lowest BCUT2D eigenvalue weighted by atomic mass is 10.2. The predicted molar refractivity (Wildman–Crippen MR) is 87.1 cm³/mol. The molecule has 7 nitrogen and oxygen atoms in total. The maximum Gasteiger partial charge on any atom is 0.212 e. The molecular weight excluding hydrogens is 292 g/mol. The van der Waals surface area contributed by atoms with Crippen LogP contribution in [0.25, 0.3) is 0 Å². The minimum atomic E-state index is 0.664. The number of ether oxygens (including phenoxy) is 1. The zero-order valence-electron chi connectivity index (χ0n) is 14.1. The third kappa shape index (κ3) is 3.86. The van der Waals surface area contributed by atoms with E-state index in [4.69, 9.17) is 4.74 Å². The maximum absolute atomic E-state index is 5.10. The second-order valence-electron chi connectivity index (χ2n) is 5.98. The summed E-state index contributed by atoms with van der Waals surface area (Å²) in [7, 11) is 3.66. The molecule has 0 amide bonds. The highest BCUT2D eigenvalue weighted by Gasteiger charge is 2.19. The van der Waals surface area contributed by atoms with Crippen LogP contribution in [0, 0.1) is 6.92 Å². The van der Waals surface area contributed by atoms with Crippen molar-refractivity contribution in [3.8, 4) is 5.88 Å². The molecule has 1 aliphatic heterocycles. The van der Waals surface area contributed by atoms with Gasteiger partial charge in [0.15, 0.2) is 0 Å². The van der Waals surface area contributed by atoms with Gasteiger partial charge in [-0.25, -0.2) is 4.98 Å². The first-order valence-corrected chi connectivity index (χ1v) is 7.94. The Labute approximate surface area is 136 Å². The molecule has 2 aromatic heterocycles. The number of piperazine rings is 1. The van der Waals surface area contributed by atoms with E-state index in [1.807, 2.05) is 26.2 Å². The summed E-state index contributed by atoms with van der Waals surface area (Å²) in [6.45, 7) is 8.01. The molecule has 3 rings (SSSR count). The third-order valence-corrected chi connectivity index (χ3v) is 4.43. The Bertz CT molecular complexity index is 631. The van der Waals surface area contributed by atoms with Gasteiger partial charge in [0.25, 0.3) is 0 Å². The smallest absolute Gasteiger partial charge is 0.212 e. The van der Waals surface area contributed by atoms with E-state index in [1.165, 1.54) is 5.56 Å². The van der Waals surface area contributed by atoms with Gasteiger partial charge in [-0.15, -0.1) is 10.2 Å². The van der Waals surface area contributed by atoms with E-state index in [9.17, 15) is 0 Å². The van der Waals surface area contributed by atoms with Crippen molar-refractivity contribution in [2.24, 2.45) is 7.05 Å². The fraction of sp³-hybridized carbons (Fsp3) is 0.562. The molecule has 0 bridgehead atoms. The van der Waals surface area contributed by atoms with Crippen LogP contribution in [0.15, 0.2) is 18.3 Å². The molecule has 0 aromatic carbocycles. The SMILES string of the molecule is COc1ccc(CN2CCN(Cc3nnc(C)n3C)CC2)cn1. The quantitative estimate of drug-likeness (QED) is 0.815. The summed E-state index contributed by atoms with van der Waals surface area (Å²) in [6.07, 6.45) is 1.90. The molecule has 124 valence electrons. The van der Waals surface area contributed by atoms with Gasteiger partial charge in [-0.05, 0) is 12.5 Å². The van der Waals surface area contributed by atoms with Crippen molar-refractivity contribution in [3.63, 3.8) is 0 Å². The van der Waals surface area contributed by atoms with Crippen LogP contribution in [-0.2, 0) is 20.1 Å². The Balaban J connectivity index is 1.49. The number of rotatable bonds is 5. The summed E-state index contributed by atoms with van der Waals surface area (Å²) >= 11 is 0. The van der Waals surface area contributed by atoms with Crippen LogP contribution >= 0.6 is 0 Å². The largest absolute Gasteiger partial charge is 0.481 e. The minimum Gasteiger partial charge on any atom is -0.481 e. The second-order valence-corrected chi connectivity index (χ2v) is 5.98. The van der Waals surface area contributed by atoms with Gasteiger partial charge in [0.1, 0.15) is 11.6 Å². The Hall–Kier alpha value is -1.99. The molecule has 0 atom stereocenters. The van der Waals surface area contributed by atoms with Gasteiger partial charge in [0.2, 0.25) is 5.88 Å². The van der Waals surface area contributed by atoms with E-state index in [2.05, 4.69) is 35.6 Å². The Kier molecular flexibility index (Phi) is 4.88. The van der Waals surface area contributed by atoms with E-state index in [-0.39, 0.29) is 0 Å². The third-order valence-electron chi connectivity index (χ3n) is 4.43. The monoisotopic (exact) mass is 316 g/mol. The van der Waals surface area contributed by atoms with Gasteiger partial charge >= 0.3 is 0 Å². The maximum atomic E-state index is 5.10.